The maximum atomic E-state index is 10.7. The van der Waals surface area contributed by atoms with Crippen LogP contribution in [0.3, 0.4) is 0 Å². The largest absolute Gasteiger partial charge is 0.481 e. The molecule has 0 saturated heterocycles. The summed E-state index contributed by atoms with van der Waals surface area (Å²) in [6.07, 6.45) is 2.08. The topological polar surface area (TPSA) is 37.3 Å². The van der Waals surface area contributed by atoms with Crippen LogP contribution in [-0.2, 0) is 11.2 Å². The Kier molecular flexibility index (Phi) is 5.15. The van der Waals surface area contributed by atoms with Gasteiger partial charge in [-0.3, -0.25) is 4.79 Å². The summed E-state index contributed by atoms with van der Waals surface area (Å²) in [6, 6.07) is 17.0. The number of carboxylic acids is 1. The van der Waals surface area contributed by atoms with E-state index in [1.165, 1.54) is 22.3 Å². The molecule has 1 unspecified atom stereocenters. The molecule has 2 nitrogen and oxygen atoms in total. The normalized spacial score (nSPS) is 12.1. The highest BCUT2D eigenvalue weighted by molar-refractivity contribution is 5.67. The molecule has 2 aromatic carbocycles. The van der Waals surface area contributed by atoms with E-state index in [1.807, 2.05) is 6.92 Å². The summed E-state index contributed by atoms with van der Waals surface area (Å²) in [5.41, 5.74) is 4.98. The van der Waals surface area contributed by atoms with Crippen molar-refractivity contribution in [3.63, 3.8) is 0 Å². The van der Waals surface area contributed by atoms with Crippen LogP contribution in [0.1, 0.15) is 30.9 Å². The Labute approximate surface area is 126 Å². The van der Waals surface area contributed by atoms with Crippen molar-refractivity contribution in [3.05, 3.63) is 59.7 Å². The van der Waals surface area contributed by atoms with Crippen molar-refractivity contribution in [1.29, 1.82) is 0 Å². The number of carbonyl (C=O) groups is 1. The standard InChI is InChI=1S/C19H22O2/c1-14-5-3-7-17(11-14)18-8-4-6-16(13-18)10-9-15(2)12-19(20)21/h3-8,11,13,15H,9-10,12H2,1-2H3,(H,20,21). The maximum Gasteiger partial charge on any atom is 0.303 e. The first-order chi connectivity index (χ1) is 10.0. The van der Waals surface area contributed by atoms with Crippen LogP contribution >= 0.6 is 0 Å². The Morgan fingerprint density at radius 1 is 1.10 bits per heavy atom. The second-order valence-corrected chi connectivity index (χ2v) is 5.81. The molecule has 0 aliphatic carbocycles. The first kappa shape index (κ1) is 15.3. The smallest absolute Gasteiger partial charge is 0.303 e. The van der Waals surface area contributed by atoms with Crippen LogP contribution in [0.2, 0.25) is 0 Å². The van der Waals surface area contributed by atoms with Gasteiger partial charge in [-0.1, -0.05) is 61.0 Å². The van der Waals surface area contributed by atoms with Crippen LogP contribution in [0, 0.1) is 12.8 Å². The van der Waals surface area contributed by atoms with E-state index < -0.39 is 5.97 Å². The van der Waals surface area contributed by atoms with E-state index in [9.17, 15) is 4.79 Å². The highest BCUT2D eigenvalue weighted by Gasteiger charge is 2.08. The highest BCUT2D eigenvalue weighted by Crippen LogP contribution is 2.22. The first-order valence-electron chi connectivity index (χ1n) is 7.42. The van der Waals surface area contributed by atoms with E-state index in [0.717, 1.165) is 12.8 Å². The number of carboxylic acid groups (broad SMARTS) is 1. The van der Waals surface area contributed by atoms with E-state index in [1.54, 1.807) is 0 Å². The molecule has 2 heteroatoms. The van der Waals surface area contributed by atoms with E-state index in [0.29, 0.717) is 0 Å². The van der Waals surface area contributed by atoms with Crippen LogP contribution in [0.5, 0.6) is 0 Å². The summed E-state index contributed by atoms with van der Waals surface area (Å²) in [7, 11) is 0. The summed E-state index contributed by atoms with van der Waals surface area (Å²) in [5, 5.41) is 8.80. The molecule has 110 valence electrons. The number of aliphatic carboxylic acids is 1. The van der Waals surface area contributed by atoms with E-state index in [2.05, 4.69) is 55.5 Å². The molecule has 0 aromatic heterocycles. The van der Waals surface area contributed by atoms with Crippen LogP contribution < -0.4 is 0 Å². The Hall–Kier alpha value is -2.09. The molecule has 1 atom stereocenters. The molecule has 0 aliphatic rings. The average Bonchev–Trinajstić information content (AvgIpc) is 2.45. The van der Waals surface area contributed by atoms with Gasteiger partial charge >= 0.3 is 5.97 Å². The quantitative estimate of drug-likeness (QED) is 0.833. The second kappa shape index (κ2) is 7.07. The molecule has 0 bridgehead atoms. The predicted octanol–water partition coefficient (Wildman–Crippen LogP) is 4.71. The highest BCUT2D eigenvalue weighted by atomic mass is 16.4. The average molecular weight is 282 g/mol. The monoisotopic (exact) mass is 282 g/mol. The predicted molar refractivity (Wildman–Crippen MR) is 86.4 cm³/mol. The number of aryl methyl sites for hydroxylation is 2. The first-order valence-corrected chi connectivity index (χ1v) is 7.42. The van der Waals surface area contributed by atoms with E-state index in [-0.39, 0.29) is 12.3 Å². The van der Waals surface area contributed by atoms with Gasteiger partial charge in [0, 0.05) is 6.42 Å². The third-order valence-corrected chi connectivity index (χ3v) is 3.73. The van der Waals surface area contributed by atoms with Crippen LogP contribution in [-0.4, -0.2) is 11.1 Å². The van der Waals surface area contributed by atoms with Gasteiger partial charge in [0.05, 0.1) is 0 Å². The molecular weight excluding hydrogens is 260 g/mol. The fourth-order valence-corrected chi connectivity index (χ4v) is 2.54. The van der Waals surface area contributed by atoms with Gasteiger partial charge in [-0.15, -0.1) is 0 Å². The Bertz CT molecular complexity index is 616. The minimum atomic E-state index is -0.712. The van der Waals surface area contributed by atoms with Crippen molar-refractivity contribution in [2.75, 3.05) is 0 Å². The van der Waals surface area contributed by atoms with Gasteiger partial charge in [-0.2, -0.15) is 0 Å². The molecule has 0 radical (unpaired) electrons. The van der Waals surface area contributed by atoms with Crippen LogP contribution in [0.25, 0.3) is 11.1 Å². The SMILES string of the molecule is Cc1cccc(-c2cccc(CCC(C)CC(=O)O)c2)c1. The lowest BCUT2D eigenvalue weighted by Crippen LogP contribution is -2.05. The summed E-state index contributed by atoms with van der Waals surface area (Å²) in [5.74, 6) is -0.499. The molecule has 0 amide bonds. The Morgan fingerprint density at radius 2 is 1.76 bits per heavy atom. The Morgan fingerprint density at radius 3 is 2.43 bits per heavy atom. The van der Waals surface area contributed by atoms with Crippen LogP contribution in [0.4, 0.5) is 0 Å². The van der Waals surface area contributed by atoms with Crippen molar-refractivity contribution < 1.29 is 9.90 Å². The van der Waals surface area contributed by atoms with Gasteiger partial charge in [0.15, 0.2) is 0 Å². The number of hydrogen-bond acceptors (Lipinski definition) is 1. The Balaban J connectivity index is 2.06. The fraction of sp³-hybridized carbons (Fsp3) is 0.316. The van der Waals surface area contributed by atoms with Crippen molar-refractivity contribution >= 4 is 5.97 Å². The summed E-state index contributed by atoms with van der Waals surface area (Å²) in [4.78, 5) is 10.7. The molecule has 0 aliphatic heterocycles. The second-order valence-electron chi connectivity index (χ2n) is 5.81. The molecular formula is C19H22O2. The molecule has 2 aromatic rings. The zero-order chi connectivity index (χ0) is 15.2. The van der Waals surface area contributed by atoms with E-state index in [4.69, 9.17) is 5.11 Å². The lowest BCUT2D eigenvalue weighted by molar-refractivity contribution is -0.138. The summed E-state index contributed by atoms with van der Waals surface area (Å²) in [6.45, 7) is 4.10. The van der Waals surface area contributed by atoms with Crippen LogP contribution in [0.15, 0.2) is 48.5 Å². The zero-order valence-corrected chi connectivity index (χ0v) is 12.7. The van der Waals surface area contributed by atoms with Crippen molar-refractivity contribution in [2.24, 2.45) is 5.92 Å². The summed E-state index contributed by atoms with van der Waals surface area (Å²) < 4.78 is 0. The van der Waals surface area contributed by atoms with Gasteiger partial charge in [0.1, 0.15) is 0 Å². The molecule has 0 saturated carbocycles. The van der Waals surface area contributed by atoms with Gasteiger partial charge in [0.25, 0.3) is 0 Å². The van der Waals surface area contributed by atoms with Gasteiger partial charge in [0.2, 0.25) is 0 Å². The minimum Gasteiger partial charge on any atom is -0.481 e. The molecule has 0 fully saturated rings. The third-order valence-electron chi connectivity index (χ3n) is 3.73. The van der Waals surface area contributed by atoms with Crippen molar-refractivity contribution in [3.8, 4) is 11.1 Å². The number of benzene rings is 2. The molecule has 0 heterocycles. The zero-order valence-electron chi connectivity index (χ0n) is 12.7. The molecule has 21 heavy (non-hydrogen) atoms. The molecule has 0 spiro atoms. The third kappa shape index (κ3) is 4.75. The fourth-order valence-electron chi connectivity index (χ4n) is 2.54. The number of rotatable bonds is 6. The van der Waals surface area contributed by atoms with E-state index >= 15 is 0 Å². The molecule has 2 rings (SSSR count). The molecule has 1 N–H and O–H groups in total. The summed E-state index contributed by atoms with van der Waals surface area (Å²) >= 11 is 0. The lowest BCUT2D eigenvalue weighted by atomic mass is 9.96. The van der Waals surface area contributed by atoms with Gasteiger partial charge in [-0.05, 0) is 42.4 Å². The van der Waals surface area contributed by atoms with Gasteiger partial charge < -0.3 is 5.11 Å². The lowest BCUT2D eigenvalue weighted by Gasteiger charge is -2.10. The maximum absolute atomic E-state index is 10.7. The minimum absolute atomic E-state index is 0.213. The van der Waals surface area contributed by atoms with Crippen molar-refractivity contribution in [1.82, 2.24) is 0 Å². The van der Waals surface area contributed by atoms with Gasteiger partial charge in [-0.25, -0.2) is 0 Å². The van der Waals surface area contributed by atoms with Crippen molar-refractivity contribution in [2.45, 2.75) is 33.1 Å². The number of hydrogen-bond donors (Lipinski definition) is 1.